The fourth-order valence-corrected chi connectivity index (χ4v) is 2.08. The highest BCUT2D eigenvalue weighted by atomic mass is 79.9. The normalized spacial score (nSPS) is 11.9. The van der Waals surface area contributed by atoms with Crippen molar-refractivity contribution < 1.29 is 9.53 Å². The molecule has 0 spiro atoms. The summed E-state index contributed by atoms with van der Waals surface area (Å²) in [7, 11) is 0. The number of carbonyl (C=O) groups excluding carboxylic acids is 1. The smallest absolute Gasteiger partial charge is 0.202 e. The summed E-state index contributed by atoms with van der Waals surface area (Å²) < 4.78 is 6.53. The number of para-hydroxylation sites is 1. The molecule has 0 unspecified atom stereocenters. The van der Waals surface area contributed by atoms with Gasteiger partial charge in [0.15, 0.2) is 6.10 Å². The Morgan fingerprint density at radius 1 is 1.16 bits per heavy atom. The Balaban J connectivity index is 2.12. The first-order valence-corrected chi connectivity index (χ1v) is 6.96. The van der Waals surface area contributed by atoms with E-state index in [2.05, 4.69) is 15.9 Å². The van der Waals surface area contributed by atoms with E-state index in [1.54, 1.807) is 31.2 Å². The number of carbonyl (C=O) groups is 1. The maximum absolute atomic E-state index is 12.2. The van der Waals surface area contributed by atoms with Gasteiger partial charge in [-0.1, -0.05) is 51.8 Å². The first-order valence-electron chi connectivity index (χ1n) is 5.79. The van der Waals surface area contributed by atoms with Crippen LogP contribution in [-0.4, -0.2) is 11.9 Å². The minimum Gasteiger partial charge on any atom is -0.481 e. The monoisotopic (exact) mass is 338 g/mol. The molecule has 0 aliphatic rings. The number of hydrogen-bond donors (Lipinski definition) is 0. The molecular weight excluding hydrogens is 328 g/mol. The van der Waals surface area contributed by atoms with E-state index in [-0.39, 0.29) is 5.78 Å². The Morgan fingerprint density at radius 3 is 2.42 bits per heavy atom. The number of Topliss-reactive ketones (excluding diaryl/α,β-unsaturated/α-hetero) is 1. The summed E-state index contributed by atoms with van der Waals surface area (Å²) in [5, 5.41) is 0.498. The lowest BCUT2D eigenvalue weighted by Crippen LogP contribution is -2.23. The van der Waals surface area contributed by atoms with Crippen molar-refractivity contribution in [2.75, 3.05) is 0 Å². The van der Waals surface area contributed by atoms with Gasteiger partial charge in [0.1, 0.15) is 5.75 Å². The Bertz CT molecular complexity index is 581. The third-order valence-corrected chi connectivity index (χ3v) is 3.48. The summed E-state index contributed by atoms with van der Waals surface area (Å²) >= 11 is 9.33. The van der Waals surface area contributed by atoms with Crippen LogP contribution in [0, 0.1) is 0 Å². The molecule has 4 heteroatoms. The van der Waals surface area contributed by atoms with Gasteiger partial charge in [-0.25, -0.2) is 0 Å². The third-order valence-electron chi connectivity index (χ3n) is 2.64. The van der Waals surface area contributed by atoms with Crippen molar-refractivity contribution in [3.63, 3.8) is 0 Å². The van der Waals surface area contributed by atoms with Gasteiger partial charge in [0.25, 0.3) is 0 Å². The fourth-order valence-electron chi connectivity index (χ4n) is 1.63. The van der Waals surface area contributed by atoms with Crippen LogP contribution in [0.15, 0.2) is 53.0 Å². The highest BCUT2D eigenvalue weighted by Gasteiger charge is 2.17. The largest absolute Gasteiger partial charge is 0.481 e. The molecule has 2 aromatic carbocycles. The summed E-state index contributed by atoms with van der Waals surface area (Å²) in [5.41, 5.74) is 0.614. The molecule has 1 atom stereocenters. The zero-order valence-electron chi connectivity index (χ0n) is 10.3. The second kappa shape index (κ2) is 6.22. The molecule has 0 radical (unpaired) electrons. The van der Waals surface area contributed by atoms with Gasteiger partial charge < -0.3 is 4.74 Å². The zero-order valence-corrected chi connectivity index (χ0v) is 12.6. The molecule has 2 nitrogen and oxygen atoms in total. The molecule has 0 heterocycles. The first-order chi connectivity index (χ1) is 9.08. The van der Waals surface area contributed by atoms with Crippen LogP contribution in [0.2, 0.25) is 5.02 Å². The summed E-state index contributed by atoms with van der Waals surface area (Å²) in [6.45, 7) is 1.72. The van der Waals surface area contributed by atoms with Gasteiger partial charge in [-0.15, -0.1) is 0 Å². The van der Waals surface area contributed by atoms with Gasteiger partial charge in [0, 0.05) is 10.0 Å². The number of ketones is 1. The predicted octanol–water partition coefficient (Wildman–Crippen LogP) is 4.75. The maximum Gasteiger partial charge on any atom is 0.202 e. The molecule has 0 fully saturated rings. The van der Waals surface area contributed by atoms with Crippen molar-refractivity contribution in [3.8, 4) is 5.75 Å². The van der Waals surface area contributed by atoms with E-state index in [1.165, 1.54) is 0 Å². The minimum atomic E-state index is -0.582. The van der Waals surface area contributed by atoms with Crippen LogP contribution in [0.4, 0.5) is 0 Å². The standard InChI is InChI=1S/C15H12BrClO2/c1-10(19-14-5-3-2-4-13(14)17)15(18)11-6-8-12(16)9-7-11/h2-10H,1H3/t10-/m1/s1. The van der Waals surface area contributed by atoms with Gasteiger partial charge in [0.05, 0.1) is 5.02 Å². The molecule has 0 aromatic heterocycles. The molecule has 19 heavy (non-hydrogen) atoms. The molecule has 0 saturated carbocycles. The lowest BCUT2D eigenvalue weighted by molar-refractivity contribution is 0.0818. The molecule has 0 N–H and O–H groups in total. The molecule has 98 valence electrons. The zero-order chi connectivity index (χ0) is 13.8. The van der Waals surface area contributed by atoms with Crippen LogP contribution in [0.5, 0.6) is 5.75 Å². The Kier molecular flexibility index (Phi) is 4.61. The van der Waals surface area contributed by atoms with E-state index in [1.807, 2.05) is 24.3 Å². The van der Waals surface area contributed by atoms with Crippen molar-refractivity contribution in [1.29, 1.82) is 0 Å². The Morgan fingerprint density at radius 2 is 1.79 bits per heavy atom. The van der Waals surface area contributed by atoms with E-state index < -0.39 is 6.10 Å². The van der Waals surface area contributed by atoms with Crippen LogP contribution < -0.4 is 4.74 Å². The third kappa shape index (κ3) is 3.58. The van der Waals surface area contributed by atoms with Crippen molar-refractivity contribution >= 4 is 33.3 Å². The topological polar surface area (TPSA) is 26.3 Å². The summed E-state index contributed by atoms with van der Waals surface area (Å²) in [6.07, 6.45) is -0.582. The summed E-state index contributed by atoms with van der Waals surface area (Å²) in [5.74, 6) is 0.439. The average Bonchev–Trinajstić information content (AvgIpc) is 2.41. The highest BCUT2D eigenvalue weighted by molar-refractivity contribution is 9.10. The molecule has 0 aliphatic carbocycles. The molecule has 2 rings (SSSR count). The predicted molar refractivity (Wildman–Crippen MR) is 80.0 cm³/mol. The molecule has 0 amide bonds. The van der Waals surface area contributed by atoms with Gasteiger partial charge in [-0.05, 0) is 31.2 Å². The Labute approximate surface area is 125 Å². The van der Waals surface area contributed by atoms with Crippen LogP contribution in [0.1, 0.15) is 17.3 Å². The molecular formula is C15H12BrClO2. The van der Waals surface area contributed by atoms with Crippen molar-refractivity contribution in [1.82, 2.24) is 0 Å². The van der Waals surface area contributed by atoms with E-state index in [4.69, 9.17) is 16.3 Å². The quantitative estimate of drug-likeness (QED) is 0.751. The van der Waals surface area contributed by atoms with Crippen molar-refractivity contribution in [2.45, 2.75) is 13.0 Å². The molecule has 2 aromatic rings. The maximum atomic E-state index is 12.2. The molecule has 0 aliphatic heterocycles. The number of rotatable bonds is 4. The SMILES string of the molecule is C[C@@H](Oc1ccccc1Cl)C(=O)c1ccc(Br)cc1. The lowest BCUT2D eigenvalue weighted by Gasteiger charge is -2.14. The van der Waals surface area contributed by atoms with Crippen LogP contribution in [0.25, 0.3) is 0 Å². The second-order valence-corrected chi connectivity index (χ2v) is 5.38. The van der Waals surface area contributed by atoms with E-state index in [0.717, 1.165) is 4.47 Å². The van der Waals surface area contributed by atoms with Gasteiger partial charge in [-0.2, -0.15) is 0 Å². The highest BCUT2D eigenvalue weighted by Crippen LogP contribution is 2.25. The van der Waals surface area contributed by atoms with Gasteiger partial charge >= 0.3 is 0 Å². The van der Waals surface area contributed by atoms with Crippen molar-refractivity contribution in [3.05, 3.63) is 63.6 Å². The number of hydrogen-bond acceptors (Lipinski definition) is 2. The van der Waals surface area contributed by atoms with Crippen LogP contribution >= 0.6 is 27.5 Å². The van der Waals surface area contributed by atoms with Crippen molar-refractivity contribution in [2.24, 2.45) is 0 Å². The second-order valence-electron chi connectivity index (χ2n) is 4.06. The van der Waals surface area contributed by atoms with E-state index in [0.29, 0.717) is 16.3 Å². The van der Waals surface area contributed by atoms with Crippen LogP contribution in [0.3, 0.4) is 0 Å². The van der Waals surface area contributed by atoms with E-state index in [9.17, 15) is 4.79 Å². The number of halogens is 2. The van der Waals surface area contributed by atoms with Gasteiger partial charge in [0.2, 0.25) is 5.78 Å². The minimum absolute atomic E-state index is 0.0765. The number of benzene rings is 2. The fraction of sp³-hybridized carbons (Fsp3) is 0.133. The Hall–Kier alpha value is -1.32. The summed E-state index contributed by atoms with van der Waals surface area (Å²) in [4.78, 5) is 12.2. The first kappa shape index (κ1) is 14.1. The molecule has 0 bridgehead atoms. The molecule has 0 saturated heterocycles. The average molecular weight is 340 g/mol. The lowest BCUT2D eigenvalue weighted by atomic mass is 10.1. The summed E-state index contributed by atoms with van der Waals surface area (Å²) in [6, 6.07) is 14.3. The van der Waals surface area contributed by atoms with Crippen LogP contribution in [-0.2, 0) is 0 Å². The van der Waals surface area contributed by atoms with Gasteiger partial charge in [-0.3, -0.25) is 4.79 Å². The number of ether oxygens (including phenoxy) is 1. The van der Waals surface area contributed by atoms with E-state index >= 15 is 0 Å².